The van der Waals surface area contributed by atoms with E-state index in [1.54, 1.807) is 0 Å². The van der Waals surface area contributed by atoms with Gasteiger partial charge in [0, 0.05) is 6.92 Å². The third-order valence-corrected chi connectivity index (χ3v) is 3.28. The molecule has 20 heavy (non-hydrogen) atoms. The zero-order valence-electron chi connectivity index (χ0n) is 11.5. The molecule has 0 aromatic heterocycles. The van der Waals surface area contributed by atoms with Crippen LogP contribution >= 0.6 is 0 Å². The van der Waals surface area contributed by atoms with Crippen LogP contribution in [0, 0.1) is 0 Å². The number of hydrogen-bond acceptors (Lipinski definition) is 3. The number of hydrogen-bond donors (Lipinski definition) is 0. The minimum absolute atomic E-state index is 0.281. The molecule has 0 aliphatic heterocycles. The van der Waals surface area contributed by atoms with Gasteiger partial charge in [0.1, 0.15) is 0 Å². The number of rotatable bonds is 6. The van der Waals surface area contributed by atoms with Gasteiger partial charge in [0.25, 0.3) is 0 Å². The highest BCUT2D eigenvalue weighted by Crippen LogP contribution is 2.27. The van der Waals surface area contributed by atoms with Gasteiger partial charge in [0.15, 0.2) is 0 Å². The molecule has 2 aromatic rings. The first-order valence-corrected chi connectivity index (χ1v) is 6.71. The van der Waals surface area contributed by atoms with Crippen LogP contribution in [0.3, 0.4) is 0 Å². The monoisotopic (exact) mass is 269 g/mol. The lowest BCUT2D eigenvalue weighted by molar-refractivity contribution is -0.141. The Morgan fingerprint density at radius 2 is 1.95 bits per heavy atom. The molecular weight excluding hydrogens is 252 g/mol. The maximum Gasteiger partial charge on any atom is 0.302 e. The summed E-state index contributed by atoms with van der Waals surface area (Å²) in [4.78, 5) is 21.9. The second-order valence-corrected chi connectivity index (χ2v) is 4.72. The van der Waals surface area contributed by atoms with E-state index in [2.05, 4.69) is 6.29 Å². The summed E-state index contributed by atoms with van der Waals surface area (Å²) in [5.41, 5.74) is 0.987. The van der Waals surface area contributed by atoms with Crippen LogP contribution in [-0.4, -0.2) is 18.9 Å². The summed E-state index contributed by atoms with van der Waals surface area (Å²) >= 11 is 0. The van der Waals surface area contributed by atoms with Crippen molar-refractivity contribution < 1.29 is 14.3 Å². The number of esters is 1. The Kier molecular flexibility index (Phi) is 4.88. The Bertz CT molecular complexity index is 599. The normalized spacial score (nSPS) is 12.1. The lowest BCUT2D eigenvalue weighted by Crippen LogP contribution is -2.05. The van der Waals surface area contributed by atoms with E-state index < -0.39 is 0 Å². The van der Waals surface area contributed by atoms with Crippen LogP contribution in [-0.2, 0) is 14.3 Å². The molecular formula is C17H17O3. The summed E-state index contributed by atoms with van der Waals surface area (Å²) in [6, 6.07) is 13.9. The molecule has 2 aromatic carbocycles. The summed E-state index contributed by atoms with van der Waals surface area (Å²) in [5.74, 6) is -0.571. The maximum atomic E-state index is 11.2. The van der Waals surface area contributed by atoms with Gasteiger partial charge >= 0.3 is 5.97 Å². The van der Waals surface area contributed by atoms with Crippen LogP contribution < -0.4 is 0 Å². The lowest BCUT2D eigenvalue weighted by atomic mass is 9.91. The second-order valence-electron chi connectivity index (χ2n) is 4.72. The van der Waals surface area contributed by atoms with Crippen molar-refractivity contribution in [2.75, 3.05) is 6.61 Å². The molecule has 103 valence electrons. The number of carbonyl (C=O) groups is 1. The van der Waals surface area contributed by atoms with Crippen LogP contribution in [0.5, 0.6) is 0 Å². The molecule has 0 heterocycles. The van der Waals surface area contributed by atoms with Crippen LogP contribution in [0.1, 0.15) is 31.2 Å². The summed E-state index contributed by atoms with van der Waals surface area (Å²) in [7, 11) is 0. The Hall–Kier alpha value is -2.16. The van der Waals surface area contributed by atoms with Crippen LogP contribution in [0.4, 0.5) is 0 Å². The molecule has 0 spiro atoms. The average Bonchev–Trinajstić information content (AvgIpc) is 2.47. The highest BCUT2D eigenvalue weighted by molar-refractivity contribution is 5.88. The maximum absolute atomic E-state index is 11.2. The zero-order chi connectivity index (χ0) is 14.4. The van der Waals surface area contributed by atoms with Gasteiger partial charge in [-0.3, -0.25) is 9.59 Å². The minimum atomic E-state index is -0.290. The summed E-state index contributed by atoms with van der Waals surface area (Å²) in [6.07, 6.45) is 3.39. The van der Waals surface area contributed by atoms with Gasteiger partial charge in [0.05, 0.1) is 12.5 Å². The van der Waals surface area contributed by atoms with Crippen molar-refractivity contribution in [2.24, 2.45) is 0 Å². The standard InChI is InChI=1S/C17H17O3/c1-13(19)20-11-5-8-15(12-18)17-10-4-7-14-6-2-3-9-16(14)17/h2-4,6-7,9-10,15H,5,8,11H2,1H3. The molecule has 0 aliphatic rings. The van der Waals surface area contributed by atoms with Gasteiger partial charge in [-0.2, -0.15) is 0 Å². The molecule has 0 bridgehead atoms. The van der Waals surface area contributed by atoms with Crippen LogP contribution in [0.2, 0.25) is 0 Å². The zero-order valence-corrected chi connectivity index (χ0v) is 11.5. The number of benzene rings is 2. The lowest BCUT2D eigenvalue weighted by Gasteiger charge is -2.13. The summed E-state index contributed by atoms with van der Waals surface area (Å²) < 4.78 is 4.89. The van der Waals surface area contributed by atoms with Gasteiger partial charge in [-0.1, -0.05) is 42.5 Å². The Labute approximate surface area is 118 Å². The first kappa shape index (κ1) is 14.3. The first-order valence-electron chi connectivity index (χ1n) is 6.71. The fourth-order valence-electron chi connectivity index (χ4n) is 2.34. The van der Waals surface area contributed by atoms with E-state index in [9.17, 15) is 9.59 Å². The van der Waals surface area contributed by atoms with Crippen molar-refractivity contribution >= 4 is 23.0 Å². The predicted molar refractivity (Wildman–Crippen MR) is 78.2 cm³/mol. The molecule has 1 unspecified atom stereocenters. The minimum Gasteiger partial charge on any atom is -0.466 e. The van der Waals surface area contributed by atoms with E-state index in [0.717, 1.165) is 16.3 Å². The van der Waals surface area contributed by atoms with Crippen LogP contribution in [0.15, 0.2) is 42.5 Å². The molecule has 0 saturated carbocycles. The van der Waals surface area contributed by atoms with Gasteiger partial charge in [-0.25, -0.2) is 0 Å². The highest BCUT2D eigenvalue weighted by Gasteiger charge is 2.14. The number of carbonyl (C=O) groups excluding carboxylic acids is 2. The Balaban J connectivity index is 2.13. The highest BCUT2D eigenvalue weighted by atomic mass is 16.5. The van der Waals surface area contributed by atoms with Crippen molar-refractivity contribution in [1.29, 1.82) is 0 Å². The molecule has 0 aliphatic carbocycles. The molecule has 0 amide bonds. The second kappa shape index (κ2) is 6.85. The van der Waals surface area contributed by atoms with Gasteiger partial charge in [-0.15, -0.1) is 0 Å². The molecule has 1 atom stereocenters. The third kappa shape index (κ3) is 3.44. The largest absolute Gasteiger partial charge is 0.466 e. The van der Waals surface area contributed by atoms with Crippen molar-refractivity contribution in [3.05, 3.63) is 48.0 Å². The van der Waals surface area contributed by atoms with Crippen LogP contribution in [0.25, 0.3) is 10.8 Å². The SMILES string of the molecule is CC(=O)OCCCC([C]=O)c1cccc2ccccc12. The van der Waals surface area contributed by atoms with Crippen molar-refractivity contribution in [3.8, 4) is 0 Å². The van der Waals surface area contributed by atoms with E-state index in [1.807, 2.05) is 42.5 Å². The predicted octanol–water partition coefficient (Wildman–Crippen LogP) is 3.38. The van der Waals surface area contributed by atoms with E-state index in [4.69, 9.17) is 4.74 Å². The molecule has 3 heteroatoms. The van der Waals surface area contributed by atoms with Gasteiger partial charge < -0.3 is 4.74 Å². The molecule has 2 rings (SSSR count). The Morgan fingerprint density at radius 3 is 2.70 bits per heavy atom. The first-order chi connectivity index (χ1) is 9.72. The average molecular weight is 269 g/mol. The van der Waals surface area contributed by atoms with Crippen molar-refractivity contribution in [1.82, 2.24) is 0 Å². The Morgan fingerprint density at radius 1 is 1.20 bits per heavy atom. The number of ether oxygens (including phenoxy) is 1. The van der Waals surface area contributed by atoms with E-state index in [-0.39, 0.29) is 11.9 Å². The summed E-state index contributed by atoms with van der Waals surface area (Å²) in [6.45, 7) is 1.73. The van der Waals surface area contributed by atoms with E-state index in [1.165, 1.54) is 6.92 Å². The van der Waals surface area contributed by atoms with Gasteiger partial charge in [0.2, 0.25) is 6.29 Å². The quantitative estimate of drug-likeness (QED) is 0.596. The smallest absolute Gasteiger partial charge is 0.302 e. The molecule has 0 saturated heterocycles. The topological polar surface area (TPSA) is 43.4 Å². The summed E-state index contributed by atoms with van der Waals surface area (Å²) in [5, 5.41) is 2.20. The molecule has 3 nitrogen and oxygen atoms in total. The molecule has 1 radical (unpaired) electrons. The van der Waals surface area contributed by atoms with Crippen molar-refractivity contribution in [2.45, 2.75) is 25.7 Å². The van der Waals surface area contributed by atoms with Gasteiger partial charge in [-0.05, 0) is 29.2 Å². The van der Waals surface area contributed by atoms with E-state index in [0.29, 0.717) is 19.4 Å². The van der Waals surface area contributed by atoms with Crippen molar-refractivity contribution in [3.63, 3.8) is 0 Å². The molecule has 0 fully saturated rings. The molecule has 0 N–H and O–H groups in total. The number of fused-ring (bicyclic) bond motifs is 1. The third-order valence-electron chi connectivity index (χ3n) is 3.28. The van der Waals surface area contributed by atoms with E-state index >= 15 is 0 Å². The fraction of sp³-hybridized carbons (Fsp3) is 0.294. The fourth-order valence-corrected chi connectivity index (χ4v) is 2.34.